The van der Waals surface area contributed by atoms with Gasteiger partial charge in [0.25, 0.3) is 0 Å². The molecule has 0 aliphatic heterocycles. The molecule has 2 rings (SSSR count). The highest BCUT2D eigenvalue weighted by molar-refractivity contribution is 8.00. The largest absolute Gasteiger partial charge is 0.392 e. The number of hydrogen-bond donors (Lipinski definition) is 2. The standard InChI is InChI=1S/C11H10ClFN2OS2/c1-6-4-14-11(17-6)15-18-10-3-8(12)7(5-16)2-9(10)13/h2-4,16H,5H2,1H3,(H,14,15). The van der Waals surface area contributed by atoms with E-state index in [2.05, 4.69) is 9.71 Å². The van der Waals surface area contributed by atoms with Crippen LogP contribution in [0.3, 0.4) is 0 Å². The third-order valence-electron chi connectivity index (χ3n) is 2.14. The summed E-state index contributed by atoms with van der Waals surface area (Å²) in [5, 5.41) is 10.0. The average molecular weight is 305 g/mol. The second kappa shape index (κ2) is 5.88. The van der Waals surface area contributed by atoms with E-state index in [0.717, 1.165) is 16.8 Å². The molecule has 0 unspecified atom stereocenters. The first-order valence-corrected chi connectivity index (χ1v) is 7.05. The molecule has 7 heteroatoms. The number of halogens is 2. The van der Waals surface area contributed by atoms with Crippen molar-refractivity contribution in [2.75, 3.05) is 4.72 Å². The monoisotopic (exact) mass is 304 g/mol. The highest BCUT2D eigenvalue weighted by Crippen LogP contribution is 2.30. The van der Waals surface area contributed by atoms with Crippen molar-refractivity contribution in [3.8, 4) is 0 Å². The maximum atomic E-state index is 13.7. The van der Waals surface area contributed by atoms with Crippen LogP contribution in [0.2, 0.25) is 5.02 Å². The number of thiazole rings is 1. The van der Waals surface area contributed by atoms with Gasteiger partial charge in [-0.25, -0.2) is 9.37 Å². The molecule has 0 radical (unpaired) electrons. The minimum absolute atomic E-state index is 0.278. The Morgan fingerprint density at radius 1 is 1.56 bits per heavy atom. The quantitative estimate of drug-likeness (QED) is 0.842. The second-order valence-corrected chi connectivity index (χ2v) is 6.00. The summed E-state index contributed by atoms with van der Waals surface area (Å²) in [5.41, 5.74) is 0.378. The maximum Gasteiger partial charge on any atom is 0.193 e. The molecule has 0 bridgehead atoms. The third-order valence-corrected chi connectivity index (χ3v) is 4.28. The molecule has 3 nitrogen and oxygen atoms in total. The molecule has 0 saturated carbocycles. The van der Waals surface area contributed by atoms with E-state index in [1.165, 1.54) is 23.5 Å². The summed E-state index contributed by atoms with van der Waals surface area (Å²) in [6.45, 7) is 1.67. The Morgan fingerprint density at radius 2 is 2.33 bits per heavy atom. The molecular formula is C11H10ClFN2OS2. The number of aliphatic hydroxyl groups excluding tert-OH is 1. The van der Waals surface area contributed by atoms with Gasteiger partial charge in [-0.3, -0.25) is 0 Å². The molecule has 18 heavy (non-hydrogen) atoms. The van der Waals surface area contributed by atoms with Crippen molar-refractivity contribution < 1.29 is 9.50 Å². The Balaban J connectivity index is 2.12. The fourth-order valence-corrected chi connectivity index (χ4v) is 2.95. The van der Waals surface area contributed by atoms with Crippen LogP contribution in [-0.4, -0.2) is 10.1 Å². The van der Waals surface area contributed by atoms with Crippen molar-refractivity contribution >= 4 is 40.0 Å². The van der Waals surface area contributed by atoms with Gasteiger partial charge in [0.1, 0.15) is 5.82 Å². The van der Waals surface area contributed by atoms with Crippen molar-refractivity contribution in [1.29, 1.82) is 0 Å². The molecule has 1 heterocycles. The average Bonchev–Trinajstić information content (AvgIpc) is 2.75. The lowest BCUT2D eigenvalue weighted by atomic mass is 10.2. The van der Waals surface area contributed by atoms with Gasteiger partial charge in [0.2, 0.25) is 0 Å². The van der Waals surface area contributed by atoms with Crippen LogP contribution in [0.15, 0.2) is 23.2 Å². The van der Waals surface area contributed by atoms with Gasteiger partial charge >= 0.3 is 0 Å². The summed E-state index contributed by atoms with van der Waals surface area (Å²) < 4.78 is 16.6. The zero-order valence-corrected chi connectivity index (χ0v) is 11.8. The molecule has 0 amide bonds. The summed E-state index contributed by atoms with van der Waals surface area (Å²) in [6.07, 6.45) is 1.74. The number of nitrogens with one attached hydrogen (secondary N) is 1. The van der Waals surface area contributed by atoms with Crippen LogP contribution >= 0.6 is 34.9 Å². The highest BCUT2D eigenvalue weighted by atomic mass is 35.5. The van der Waals surface area contributed by atoms with Gasteiger partial charge in [-0.1, -0.05) is 11.6 Å². The third kappa shape index (κ3) is 3.14. The number of hydrogen-bond acceptors (Lipinski definition) is 5. The number of nitrogens with zero attached hydrogens (tertiary/aromatic N) is 1. The number of aryl methyl sites for hydroxylation is 1. The molecule has 2 aromatic rings. The molecule has 0 aliphatic carbocycles. The van der Waals surface area contributed by atoms with E-state index < -0.39 is 5.82 Å². The van der Waals surface area contributed by atoms with E-state index in [4.69, 9.17) is 16.7 Å². The minimum Gasteiger partial charge on any atom is -0.392 e. The van der Waals surface area contributed by atoms with Crippen molar-refractivity contribution in [1.82, 2.24) is 4.98 Å². The Hall–Kier alpha value is -0.820. The second-order valence-electron chi connectivity index (χ2n) is 3.51. The van der Waals surface area contributed by atoms with Gasteiger partial charge in [-0.15, -0.1) is 11.3 Å². The summed E-state index contributed by atoms with van der Waals surface area (Å²) in [4.78, 5) is 5.55. The van der Waals surface area contributed by atoms with E-state index in [1.807, 2.05) is 6.92 Å². The van der Waals surface area contributed by atoms with Crippen LogP contribution in [0.4, 0.5) is 9.52 Å². The Kier molecular flexibility index (Phi) is 4.45. The van der Waals surface area contributed by atoms with Crippen molar-refractivity contribution in [3.63, 3.8) is 0 Å². The molecule has 2 N–H and O–H groups in total. The zero-order chi connectivity index (χ0) is 13.1. The normalized spacial score (nSPS) is 10.7. The highest BCUT2D eigenvalue weighted by Gasteiger charge is 2.09. The van der Waals surface area contributed by atoms with Gasteiger partial charge in [0, 0.05) is 16.1 Å². The first-order chi connectivity index (χ1) is 8.60. The van der Waals surface area contributed by atoms with Crippen molar-refractivity contribution in [2.24, 2.45) is 0 Å². The number of rotatable bonds is 4. The van der Waals surface area contributed by atoms with E-state index in [9.17, 15) is 4.39 Å². The molecule has 0 spiro atoms. The number of aromatic nitrogens is 1. The van der Waals surface area contributed by atoms with Crippen LogP contribution in [0, 0.1) is 12.7 Å². The van der Waals surface area contributed by atoms with Crippen LogP contribution < -0.4 is 4.72 Å². The maximum absolute atomic E-state index is 13.7. The SMILES string of the molecule is Cc1cnc(NSc2cc(Cl)c(CO)cc2F)s1. The summed E-state index contributed by atoms with van der Waals surface area (Å²) in [5.74, 6) is -0.422. The lowest BCUT2D eigenvalue weighted by Crippen LogP contribution is -1.92. The van der Waals surface area contributed by atoms with Gasteiger partial charge in [-0.05, 0) is 36.6 Å². The van der Waals surface area contributed by atoms with Crippen LogP contribution in [0.25, 0.3) is 0 Å². The lowest BCUT2D eigenvalue weighted by Gasteiger charge is -2.06. The predicted octanol–water partition coefficient (Wildman–Crippen LogP) is 3.86. The molecule has 1 aromatic heterocycles. The smallest absolute Gasteiger partial charge is 0.193 e. The molecule has 0 fully saturated rings. The van der Waals surface area contributed by atoms with E-state index >= 15 is 0 Å². The lowest BCUT2D eigenvalue weighted by molar-refractivity contribution is 0.281. The number of anilines is 1. The molecule has 0 aliphatic rings. The van der Waals surface area contributed by atoms with E-state index in [0.29, 0.717) is 20.6 Å². The molecule has 1 aromatic carbocycles. The molecule has 0 atom stereocenters. The molecule has 96 valence electrons. The summed E-state index contributed by atoms with van der Waals surface area (Å²) >= 11 is 8.50. The van der Waals surface area contributed by atoms with Gasteiger partial charge in [0.05, 0.1) is 11.5 Å². The Labute approximate surface area is 117 Å². The first kappa shape index (κ1) is 13.6. The molecule has 0 saturated heterocycles. The van der Waals surface area contributed by atoms with Crippen molar-refractivity contribution in [2.45, 2.75) is 18.4 Å². The van der Waals surface area contributed by atoms with E-state index in [1.54, 1.807) is 6.20 Å². The zero-order valence-electron chi connectivity index (χ0n) is 9.41. The van der Waals surface area contributed by atoms with E-state index in [-0.39, 0.29) is 6.61 Å². The molecular weight excluding hydrogens is 295 g/mol. The van der Waals surface area contributed by atoms with Gasteiger partial charge < -0.3 is 9.83 Å². The fourth-order valence-electron chi connectivity index (χ4n) is 1.27. The predicted molar refractivity (Wildman–Crippen MR) is 73.7 cm³/mol. The topological polar surface area (TPSA) is 45.2 Å². The van der Waals surface area contributed by atoms with Crippen molar-refractivity contribution in [3.05, 3.63) is 39.6 Å². The Bertz CT molecular complexity index is 562. The number of aliphatic hydroxyl groups is 1. The summed E-state index contributed by atoms with van der Waals surface area (Å²) in [6, 6.07) is 2.72. The number of benzene rings is 1. The van der Waals surface area contributed by atoms with Gasteiger partial charge in [-0.2, -0.15) is 0 Å². The fraction of sp³-hybridized carbons (Fsp3) is 0.182. The van der Waals surface area contributed by atoms with Gasteiger partial charge in [0.15, 0.2) is 5.13 Å². The first-order valence-electron chi connectivity index (χ1n) is 5.04. The van der Waals surface area contributed by atoms with Crippen LogP contribution in [0.5, 0.6) is 0 Å². The summed E-state index contributed by atoms with van der Waals surface area (Å²) in [7, 11) is 0. The Morgan fingerprint density at radius 3 is 2.94 bits per heavy atom. The van der Waals surface area contributed by atoms with Crippen LogP contribution in [-0.2, 0) is 6.61 Å². The van der Waals surface area contributed by atoms with Crippen LogP contribution in [0.1, 0.15) is 10.4 Å². The minimum atomic E-state index is -0.422.